The average molecular weight is 849 g/mol. The van der Waals surface area contributed by atoms with Crippen LogP contribution in [0.2, 0.25) is 0 Å². The summed E-state index contributed by atoms with van der Waals surface area (Å²) in [6.45, 7) is 0. The van der Waals surface area contributed by atoms with Gasteiger partial charge in [0.2, 0.25) is 0 Å². The fourth-order valence-corrected chi connectivity index (χ4v) is 15.5. The lowest BCUT2D eigenvalue weighted by Crippen LogP contribution is -2.77. The largest absolute Gasteiger partial charge is 0.456 e. The Morgan fingerprint density at radius 3 is 1.38 bits per heavy atom. The zero-order chi connectivity index (χ0) is 42.9. The Balaban J connectivity index is 0.979. The van der Waals surface area contributed by atoms with Gasteiger partial charge in [0.25, 0.3) is 0 Å². The highest BCUT2D eigenvalue weighted by Gasteiger charge is 2.48. The number of rotatable bonds is 7. The Morgan fingerprint density at radius 1 is 0.323 bits per heavy atom. The van der Waals surface area contributed by atoms with Crippen LogP contribution in [0.15, 0.2) is 251 Å². The molecular formula is C60H40N2O2Si. The zero-order valence-corrected chi connectivity index (χ0v) is 36.3. The Kier molecular flexibility index (Phi) is 8.51. The van der Waals surface area contributed by atoms with E-state index in [0.29, 0.717) is 0 Å². The number of anilines is 6. The Bertz CT molecular complexity index is 3580. The van der Waals surface area contributed by atoms with Crippen LogP contribution in [-0.4, -0.2) is 8.07 Å². The van der Waals surface area contributed by atoms with Gasteiger partial charge in [-0.3, -0.25) is 0 Å². The summed E-state index contributed by atoms with van der Waals surface area (Å²) in [6.07, 6.45) is 0. The molecule has 12 aromatic rings. The van der Waals surface area contributed by atoms with E-state index < -0.39 is 8.07 Å². The molecule has 1 aliphatic rings. The third kappa shape index (κ3) is 5.83. The molecule has 10 aromatic carbocycles. The number of furan rings is 2. The minimum atomic E-state index is -2.80. The number of hydrogen-bond donors (Lipinski definition) is 0. The van der Waals surface area contributed by atoms with Crippen molar-refractivity contribution < 1.29 is 8.83 Å². The van der Waals surface area contributed by atoms with Crippen molar-refractivity contribution in [3.05, 3.63) is 243 Å². The van der Waals surface area contributed by atoms with Gasteiger partial charge in [-0.2, -0.15) is 0 Å². The molecule has 306 valence electrons. The lowest BCUT2D eigenvalue weighted by atomic mass is 10.0. The number of fused-ring (bicyclic) bond motifs is 8. The highest BCUT2D eigenvalue weighted by Crippen LogP contribution is 2.43. The summed E-state index contributed by atoms with van der Waals surface area (Å²) in [5.41, 5.74) is 12.3. The van der Waals surface area contributed by atoms with E-state index in [4.69, 9.17) is 8.83 Å². The number of nitrogens with zero attached hydrogens (tertiary/aromatic N) is 2. The molecule has 65 heavy (non-hydrogen) atoms. The second kappa shape index (κ2) is 14.9. The van der Waals surface area contributed by atoms with Crippen LogP contribution >= 0.6 is 0 Å². The first kappa shape index (κ1) is 37.2. The van der Waals surface area contributed by atoms with Crippen molar-refractivity contribution in [2.75, 3.05) is 9.80 Å². The lowest BCUT2D eigenvalue weighted by molar-refractivity contribution is 0.669. The van der Waals surface area contributed by atoms with Gasteiger partial charge in [0.15, 0.2) is 8.07 Å². The fraction of sp³-hybridized carbons (Fsp3) is 0. The van der Waals surface area contributed by atoms with Crippen molar-refractivity contribution in [3.63, 3.8) is 0 Å². The maximum Gasteiger partial charge on any atom is 0.184 e. The Morgan fingerprint density at radius 2 is 0.785 bits per heavy atom. The van der Waals surface area contributed by atoms with Crippen molar-refractivity contribution in [2.45, 2.75) is 0 Å². The van der Waals surface area contributed by atoms with Gasteiger partial charge in [-0.15, -0.1) is 0 Å². The van der Waals surface area contributed by atoms with E-state index in [-0.39, 0.29) is 0 Å². The van der Waals surface area contributed by atoms with E-state index in [1.54, 1.807) is 0 Å². The van der Waals surface area contributed by atoms with Crippen molar-refractivity contribution in [1.29, 1.82) is 0 Å². The molecule has 0 saturated carbocycles. The van der Waals surface area contributed by atoms with E-state index in [0.717, 1.165) is 77.8 Å². The molecule has 0 amide bonds. The SMILES string of the molecule is c1ccc(N2c3ccccc3[Si](c3ccccc3)(c3ccccc3)c3ccc(-c4ccc(N(c5ccc6c(c5)oc5ccccc56)c5ccc6c(c5)oc5ccccc56)cc4)cc32)cc1. The van der Waals surface area contributed by atoms with E-state index in [9.17, 15) is 0 Å². The van der Waals surface area contributed by atoms with Gasteiger partial charge in [-0.1, -0.05) is 158 Å². The van der Waals surface area contributed by atoms with Crippen molar-refractivity contribution >= 4 is 107 Å². The Hall–Kier alpha value is -8.38. The second-order valence-corrected chi connectivity index (χ2v) is 20.6. The Labute approximate surface area is 377 Å². The molecule has 0 unspecified atom stereocenters. The summed E-state index contributed by atoms with van der Waals surface area (Å²) < 4.78 is 12.9. The van der Waals surface area contributed by atoms with E-state index in [2.05, 4.69) is 228 Å². The molecule has 1 aliphatic heterocycles. The second-order valence-electron chi connectivity index (χ2n) is 16.8. The monoisotopic (exact) mass is 848 g/mol. The molecule has 0 fully saturated rings. The van der Waals surface area contributed by atoms with Gasteiger partial charge in [0, 0.05) is 67.8 Å². The van der Waals surface area contributed by atoms with Crippen LogP contribution in [0, 0.1) is 0 Å². The smallest absolute Gasteiger partial charge is 0.184 e. The maximum absolute atomic E-state index is 6.43. The topological polar surface area (TPSA) is 32.8 Å². The molecule has 0 bridgehead atoms. The van der Waals surface area contributed by atoms with Crippen molar-refractivity contribution in [2.24, 2.45) is 0 Å². The highest BCUT2D eigenvalue weighted by molar-refractivity contribution is 7.21. The number of hydrogen-bond acceptors (Lipinski definition) is 4. The summed E-state index contributed by atoms with van der Waals surface area (Å²) >= 11 is 0. The van der Waals surface area contributed by atoms with Crippen LogP contribution < -0.4 is 30.5 Å². The number of benzene rings is 10. The predicted octanol–water partition coefficient (Wildman–Crippen LogP) is 13.8. The van der Waals surface area contributed by atoms with Gasteiger partial charge in [-0.05, 0) is 105 Å². The van der Waals surface area contributed by atoms with Crippen LogP contribution in [0.4, 0.5) is 34.1 Å². The molecule has 2 aromatic heterocycles. The first-order valence-electron chi connectivity index (χ1n) is 22.2. The molecule has 0 radical (unpaired) electrons. The molecule has 3 heterocycles. The van der Waals surface area contributed by atoms with Crippen LogP contribution in [0.3, 0.4) is 0 Å². The molecule has 0 spiro atoms. The molecule has 0 aliphatic carbocycles. The summed E-state index contributed by atoms with van der Waals surface area (Å²) in [5.74, 6) is 0. The van der Waals surface area contributed by atoms with Gasteiger partial charge < -0.3 is 18.6 Å². The van der Waals surface area contributed by atoms with E-state index in [1.165, 1.54) is 32.1 Å². The predicted molar refractivity (Wildman–Crippen MR) is 273 cm³/mol. The summed E-state index contributed by atoms with van der Waals surface area (Å²) in [7, 11) is -2.80. The van der Waals surface area contributed by atoms with Crippen LogP contribution in [0.5, 0.6) is 0 Å². The van der Waals surface area contributed by atoms with Gasteiger partial charge in [0.05, 0.1) is 0 Å². The van der Waals surface area contributed by atoms with Crippen molar-refractivity contribution in [1.82, 2.24) is 0 Å². The van der Waals surface area contributed by atoms with E-state index >= 15 is 0 Å². The van der Waals surface area contributed by atoms with Gasteiger partial charge in [0.1, 0.15) is 22.3 Å². The molecule has 0 saturated heterocycles. The van der Waals surface area contributed by atoms with Crippen molar-refractivity contribution in [3.8, 4) is 11.1 Å². The van der Waals surface area contributed by atoms with Crippen LogP contribution in [-0.2, 0) is 0 Å². The fourth-order valence-electron chi connectivity index (χ4n) is 10.5. The minimum absolute atomic E-state index is 0.847. The molecule has 4 nitrogen and oxygen atoms in total. The first-order valence-corrected chi connectivity index (χ1v) is 24.2. The molecule has 13 rings (SSSR count). The molecule has 0 atom stereocenters. The minimum Gasteiger partial charge on any atom is -0.456 e. The summed E-state index contributed by atoms with van der Waals surface area (Å²) in [5, 5.41) is 9.90. The first-order chi connectivity index (χ1) is 32.2. The molecule has 5 heteroatoms. The quantitative estimate of drug-likeness (QED) is 0.150. The third-order valence-corrected chi connectivity index (χ3v) is 18.2. The normalized spacial score (nSPS) is 13.0. The van der Waals surface area contributed by atoms with Gasteiger partial charge >= 0.3 is 0 Å². The van der Waals surface area contributed by atoms with Crippen LogP contribution in [0.1, 0.15) is 0 Å². The maximum atomic E-state index is 6.43. The van der Waals surface area contributed by atoms with Gasteiger partial charge in [-0.25, -0.2) is 0 Å². The third-order valence-electron chi connectivity index (χ3n) is 13.3. The molecule has 0 N–H and O–H groups in total. The highest BCUT2D eigenvalue weighted by atomic mass is 28.3. The summed E-state index contributed by atoms with van der Waals surface area (Å²) in [6, 6.07) is 88.0. The number of para-hydroxylation sites is 4. The van der Waals surface area contributed by atoms with Crippen LogP contribution in [0.25, 0.3) is 55.0 Å². The summed E-state index contributed by atoms with van der Waals surface area (Å²) in [4.78, 5) is 4.77. The zero-order valence-electron chi connectivity index (χ0n) is 35.3. The van der Waals surface area contributed by atoms with E-state index in [1.807, 2.05) is 24.3 Å². The average Bonchev–Trinajstić information content (AvgIpc) is 3.94. The standard InChI is InChI=1S/C60H40N2O2Si/c1-4-16-43(17-5-1)62-53-24-12-15-27-59(53)65(47-18-6-2-7-19-47,48-20-8-3-9-21-48)60-37-30-42(38-54(60)62)41-28-31-44(32-29-41)61(45-33-35-51-49-22-10-13-25-55(49)63-57(51)39-45)46-34-36-52-50-23-11-14-26-56(50)64-58(52)40-46/h1-40H. The lowest BCUT2D eigenvalue weighted by Gasteiger charge is -2.45. The molecular weight excluding hydrogens is 809 g/mol.